The Morgan fingerprint density at radius 3 is 2.52 bits per heavy atom. The molecule has 2 atom stereocenters. The molecule has 0 radical (unpaired) electrons. The number of para-hydroxylation sites is 2. The highest BCUT2D eigenvalue weighted by Crippen LogP contribution is 2.26. The van der Waals surface area contributed by atoms with E-state index in [4.69, 9.17) is 19.9 Å². The van der Waals surface area contributed by atoms with Gasteiger partial charge < -0.3 is 25.3 Å². The normalized spacial score (nSPS) is 14.4. The van der Waals surface area contributed by atoms with E-state index in [9.17, 15) is 0 Å². The molecule has 118 valence electrons. The van der Waals surface area contributed by atoms with E-state index in [0.29, 0.717) is 30.6 Å². The summed E-state index contributed by atoms with van der Waals surface area (Å²) in [6.45, 7) is 4.93. The van der Waals surface area contributed by atoms with Gasteiger partial charge in [-0.25, -0.2) is 4.99 Å². The highest BCUT2D eigenvalue weighted by Gasteiger charge is 2.08. The van der Waals surface area contributed by atoms with E-state index in [2.05, 4.69) is 10.3 Å². The van der Waals surface area contributed by atoms with Crippen LogP contribution in [-0.2, 0) is 4.74 Å². The SMILES string of the molecule is COCC(C)NC(N)=NCC(C)Oc1ccccc1OC. The maximum absolute atomic E-state index is 5.81. The number of aliphatic imine (C=N–C) groups is 1. The molecule has 0 saturated heterocycles. The minimum Gasteiger partial charge on any atom is -0.493 e. The zero-order valence-corrected chi connectivity index (χ0v) is 13.1. The Kier molecular flexibility index (Phi) is 7.39. The first-order valence-electron chi connectivity index (χ1n) is 6.91. The van der Waals surface area contributed by atoms with Crippen molar-refractivity contribution in [1.82, 2.24) is 5.32 Å². The minimum atomic E-state index is -0.112. The minimum absolute atomic E-state index is 0.112. The Bertz CT molecular complexity index is 452. The number of rotatable bonds is 8. The van der Waals surface area contributed by atoms with Gasteiger partial charge in [-0.1, -0.05) is 12.1 Å². The van der Waals surface area contributed by atoms with Crippen LogP contribution in [0.4, 0.5) is 0 Å². The molecule has 0 aliphatic heterocycles. The second kappa shape index (κ2) is 9.07. The molecule has 0 heterocycles. The number of methoxy groups -OCH3 is 2. The van der Waals surface area contributed by atoms with Gasteiger partial charge in [-0.15, -0.1) is 0 Å². The van der Waals surface area contributed by atoms with E-state index in [1.54, 1.807) is 14.2 Å². The average Bonchev–Trinajstić information content (AvgIpc) is 2.46. The maximum atomic E-state index is 5.81. The van der Waals surface area contributed by atoms with E-state index >= 15 is 0 Å². The largest absolute Gasteiger partial charge is 0.493 e. The molecule has 21 heavy (non-hydrogen) atoms. The van der Waals surface area contributed by atoms with E-state index in [1.165, 1.54) is 0 Å². The first-order chi connectivity index (χ1) is 10.1. The molecule has 1 aromatic rings. The Hall–Kier alpha value is -1.95. The van der Waals surface area contributed by atoms with Crippen molar-refractivity contribution in [2.45, 2.75) is 26.0 Å². The molecule has 0 aliphatic carbocycles. The topological polar surface area (TPSA) is 78.1 Å². The first kappa shape index (κ1) is 17.1. The molecule has 0 saturated carbocycles. The summed E-state index contributed by atoms with van der Waals surface area (Å²) in [6, 6.07) is 7.63. The van der Waals surface area contributed by atoms with Crippen LogP contribution in [0.5, 0.6) is 11.5 Å². The predicted molar refractivity (Wildman–Crippen MR) is 84.0 cm³/mol. The number of nitrogens with one attached hydrogen (secondary N) is 1. The zero-order valence-electron chi connectivity index (χ0n) is 13.1. The summed E-state index contributed by atoms with van der Waals surface area (Å²) in [7, 11) is 3.26. The highest BCUT2D eigenvalue weighted by molar-refractivity contribution is 5.78. The molecular formula is C15H25N3O3. The van der Waals surface area contributed by atoms with Crippen LogP contribution in [0.15, 0.2) is 29.3 Å². The van der Waals surface area contributed by atoms with Crippen molar-refractivity contribution in [2.75, 3.05) is 27.4 Å². The van der Waals surface area contributed by atoms with Crippen LogP contribution >= 0.6 is 0 Å². The van der Waals surface area contributed by atoms with Crippen LogP contribution in [0.1, 0.15) is 13.8 Å². The Morgan fingerprint density at radius 2 is 1.90 bits per heavy atom. The van der Waals surface area contributed by atoms with Gasteiger partial charge in [0.1, 0.15) is 6.10 Å². The molecule has 0 fully saturated rings. The van der Waals surface area contributed by atoms with E-state index < -0.39 is 0 Å². The lowest BCUT2D eigenvalue weighted by Gasteiger charge is -2.16. The molecule has 6 heteroatoms. The van der Waals surface area contributed by atoms with Crippen LogP contribution in [0.25, 0.3) is 0 Å². The smallest absolute Gasteiger partial charge is 0.189 e. The molecular weight excluding hydrogens is 270 g/mol. The third kappa shape index (κ3) is 6.35. The average molecular weight is 295 g/mol. The second-order valence-electron chi connectivity index (χ2n) is 4.81. The Morgan fingerprint density at radius 1 is 1.24 bits per heavy atom. The Balaban J connectivity index is 2.48. The fourth-order valence-corrected chi connectivity index (χ4v) is 1.79. The monoisotopic (exact) mass is 295 g/mol. The molecule has 0 amide bonds. The first-order valence-corrected chi connectivity index (χ1v) is 6.91. The van der Waals surface area contributed by atoms with Crippen molar-refractivity contribution in [3.63, 3.8) is 0 Å². The van der Waals surface area contributed by atoms with Crippen LogP contribution in [-0.4, -0.2) is 45.5 Å². The summed E-state index contributed by atoms with van der Waals surface area (Å²) in [5.74, 6) is 1.78. The lowest BCUT2D eigenvalue weighted by atomic mass is 10.3. The standard InChI is InChI=1S/C15H25N3O3/c1-11(10-19-3)18-15(16)17-9-12(2)21-14-8-6-5-7-13(14)20-4/h5-8,11-12H,9-10H2,1-4H3,(H3,16,17,18). The maximum Gasteiger partial charge on any atom is 0.189 e. The van der Waals surface area contributed by atoms with Crippen molar-refractivity contribution >= 4 is 5.96 Å². The van der Waals surface area contributed by atoms with Crippen molar-refractivity contribution in [3.8, 4) is 11.5 Å². The fourth-order valence-electron chi connectivity index (χ4n) is 1.79. The number of hydrogen-bond donors (Lipinski definition) is 2. The third-order valence-electron chi connectivity index (χ3n) is 2.73. The van der Waals surface area contributed by atoms with Gasteiger partial charge >= 0.3 is 0 Å². The number of ether oxygens (including phenoxy) is 3. The van der Waals surface area contributed by atoms with Gasteiger partial charge in [0.2, 0.25) is 0 Å². The van der Waals surface area contributed by atoms with Gasteiger partial charge in [0.05, 0.1) is 20.3 Å². The summed E-state index contributed by atoms with van der Waals surface area (Å²) in [6.07, 6.45) is -0.112. The molecule has 1 aromatic carbocycles. The van der Waals surface area contributed by atoms with E-state index in [0.717, 1.165) is 0 Å². The second-order valence-corrected chi connectivity index (χ2v) is 4.81. The van der Waals surface area contributed by atoms with Crippen molar-refractivity contribution < 1.29 is 14.2 Å². The molecule has 1 rings (SSSR count). The summed E-state index contributed by atoms with van der Waals surface area (Å²) < 4.78 is 16.1. The van der Waals surface area contributed by atoms with E-state index in [1.807, 2.05) is 38.1 Å². The van der Waals surface area contributed by atoms with Gasteiger partial charge in [0.25, 0.3) is 0 Å². The lowest BCUT2D eigenvalue weighted by molar-refractivity contribution is 0.179. The highest BCUT2D eigenvalue weighted by atomic mass is 16.5. The predicted octanol–water partition coefficient (Wildman–Crippen LogP) is 1.40. The molecule has 0 aliphatic rings. The summed E-state index contributed by atoms with van der Waals surface area (Å²) in [5, 5.41) is 3.05. The number of guanidine groups is 1. The number of nitrogens with zero attached hydrogens (tertiary/aromatic N) is 1. The van der Waals surface area contributed by atoms with Crippen molar-refractivity contribution in [1.29, 1.82) is 0 Å². The number of benzene rings is 1. The van der Waals surface area contributed by atoms with Crippen molar-refractivity contribution in [3.05, 3.63) is 24.3 Å². The molecule has 0 spiro atoms. The molecule has 6 nitrogen and oxygen atoms in total. The van der Waals surface area contributed by atoms with Gasteiger partial charge in [0, 0.05) is 13.2 Å². The quantitative estimate of drug-likeness (QED) is 0.560. The molecule has 0 aromatic heterocycles. The van der Waals surface area contributed by atoms with Crippen LogP contribution in [0.3, 0.4) is 0 Å². The summed E-state index contributed by atoms with van der Waals surface area (Å²) >= 11 is 0. The summed E-state index contributed by atoms with van der Waals surface area (Å²) in [4.78, 5) is 4.26. The van der Waals surface area contributed by atoms with Gasteiger partial charge in [-0.2, -0.15) is 0 Å². The van der Waals surface area contributed by atoms with Crippen LogP contribution in [0.2, 0.25) is 0 Å². The summed E-state index contributed by atoms with van der Waals surface area (Å²) in [5.41, 5.74) is 5.81. The fraction of sp³-hybridized carbons (Fsp3) is 0.533. The lowest BCUT2D eigenvalue weighted by Crippen LogP contribution is -2.41. The van der Waals surface area contributed by atoms with Gasteiger partial charge in [-0.05, 0) is 26.0 Å². The van der Waals surface area contributed by atoms with Crippen LogP contribution < -0.4 is 20.5 Å². The van der Waals surface area contributed by atoms with Crippen LogP contribution in [0, 0.1) is 0 Å². The zero-order chi connectivity index (χ0) is 15.7. The molecule has 0 bridgehead atoms. The van der Waals surface area contributed by atoms with Gasteiger partial charge in [0.15, 0.2) is 17.5 Å². The molecule has 2 unspecified atom stereocenters. The number of hydrogen-bond acceptors (Lipinski definition) is 4. The van der Waals surface area contributed by atoms with Crippen molar-refractivity contribution in [2.24, 2.45) is 10.7 Å². The number of nitrogens with two attached hydrogens (primary N) is 1. The van der Waals surface area contributed by atoms with Gasteiger partial charge in [-0.3, -0.25) is 0 Å². The third-order valence-corrected chi connectivity index (χ3v) is 2.73. The Labute approximate surface area is 126 Å². The molecule has 3 N–H and O–H groups in total. The van der Waals surface area contributed by atoms with E-state index in [-0.39, 0.29) is 12.1 Å².